The summed E-state index contributed by atoms with van der Waals surface area (Å²) in [6.07, 6.45) is 0. The molecule has 0 heterocycles. The number of carbonyl (C=O) groups is 2. The number of carbonyl (C=O) groups excluding carboxylic acids is 2. The molecule has 0 saturated carbocycles. The first-order valence-electron chi connectivity index (χ1n) is 8.49. The molecule has 0 aromatic heterocycles. The van der Waals surface area contributed by atoms with Crippen molar-refractivity contribution in [3.05, 3.63) is 65.2 Å². The number of benzene rings is 2. The molecule has 6 heteroatoms. The molecule has 1 atom stereocenters. The first kappa shape index (κ1) is 20.2. The molecular weight excluding hydrogens is 346 g/mol. The van der Waals surface area contributed by atoms with Gasteiger partial charge in [-0.05, 0) is 31.0 Å². The maximum atomic E-state index is 12.8. The molecule has 2 rings (SSSR count). The molecule has 0 radical (unpaired) electrons. The van der Waals surface area contributed by atoms with Crippen LogP contribution in [-0.2, 0) is 25.8 Å². The lowest BCUT2D eigenvalue weighted by Crippen LogP contribution is -2.30. The number of Topliss-reactive ketones (excluding diaryl/α,β-unsaturated/α-hetero) is 1. The van der Waals surface area contributed by atoms with Crippen LogP contribution in [-0.4, -0.2) is 31.7 Å². The van der Waals surface area contributed by atoms with Gasteiger partial charge in [0, 0.05) is 5.56 Å². The highest BCUT2D eigenvalue weighted by Gasteiger charge is 2.29. The van der Waals surface area contributed by atoms with Gasteiger partial charge in [0.2, 0.25) is 0 Å². The molecule has 0 amide bonds. The standard InChI is InChI=1S/C21H23NO5/c1-14-9-5-8-12-18(14)27-13-16-10-6-7-11-17(16)19(22-26-4)20(23)15(2)21(24)25-3/h5-12,15H,13H2,1-4H3. The van der Waals surface area contributed by atoms with E-state index in [0.717, 1.165) is 16.9 Å². The van der Waals surface area contributed by atoms with Gasteiger partial charge in [-0.3, -0.25) is 9.59 Å². The van der Waals surface area contributed by atoms with Crippen molar-refractivity contribution in [1.82, 2.24) is 0 Å². The maximum Gasteiger partial charge on any atom is 0.316 e. The van der Waals surface area contributed by atoms with Crippen LogP contribution in [0.15, 0.2) is 53.7 Å². The van der Waals surface area contributed by atoms with Gasteiger partial charge >= 0.3 is 5.97 Å². The highest BCUT2D eigenvalue weighted by Crippen LogP contribution is 2.20. The molecule has 0 N–H and O–H groups in total. The van der Waals surface area contributed by atoms with Gasteiger partial charge in [0.15, 0.2) is 11.5 Å². The number of rotatable bonds is 8. The Morgan fingerprint density at radius 2 is 1.70 bits per heavy atom. The lowest BCUT2D eigenvalue weighted by Gasteiger charge is -2.15. The van der Waals surface area contributed by atoms with E-state index < -0.39 is 17.7 Å². The van der Waals surface area contributed by atoms with Crippen molar-refractivity contribution in [3.8, 4) is 5.75 Å². The van der Waals surface area contributed by atoms with Crippen molar-refractivity contribution in [3.63, 3.8) is 0 Å². The van der Waals surface area contributed by atoms with Crippen molar-refractivity contribution < 1.29 is 23.9 Å². The molecular formula is C21H23NO5. The van der Waals surface area contributed by atoms with E-state index in [1.165, 1.54) is 21.1 Å². The molecule has 142 valence electrons. The Balaban J connectivity index is 2.33. The summed E-state index contributed by atoms with van der Waals surface area (Å²) < 4.78 is 10.6. The Labute approximate surface area is 158 Å². The van der Waals surface area contributed by atoms with Gasteiger partial charge in [-0.25, -0.2) is 0 Å². The number of hydrogen-bond acceptors (Lipinski definition) is 6. The largest absolute Gasteiger partial charge is 0.489 e. The van der Waals surface area contributed by atoms with Crippen molar-refractivity contribution >= 4 is 17.5 Å². The van der Waals surface area contributed by atoms with E-state index >= 15 is 0 Å². The van der Waals surface area contributed by atoms with Crippen LogP contribution in [0, 0.1) is 12.8 Å². The number of hydrogen-bond donors (Lipinski definition) is 0. The number of ketones is 1. The average Bonchev–Trinajstić information content (AvgIpc) is 2.70. The van der Waals surface area contributed by atoms with E-state index in [0.29, 0.717) is 5.56 Å². The van der Waals surface area contributed by atoms with Gasteiger partial charge < -0.3 is 14.3 Å². The number of methoxy groups -OCH3 is 1. The number of oxime groups is 1. The van der Waals surface area contributed by atoms with E-state index in [2.05, 4.69) is 9.89 Å². The Morgan fingerprint density at radius 1 is 1.04 bits per heavy atom. The molecule has 0 fully saturated rings. The van der Waals surface area contributed by atoms with E-state index in [4.69, 9.17) is 9.57 Å². The first-order valence-corrected chi connectivity index (χ1v) is 8.49. The van der Waals surface area contributed by atoms with Crippen LogP contribution in [0.5, 0.6) is 5.75 Å². The molecule has 6 nitrogen and oxygen atoms in total. The Kier molecular flexibility index (Phi) is 7.11. The smallest absolute Gasteiger partial charge is 0.316 e. The topological polar surface area (TPSA) is 74.2 Å². The first-order chi connectivity index (χ1) is 13.0. The number of aryl methyl sites for hydroxylation is 1. The monoisotopic (exact) mass is 369 g/mol. The molecule has 27 heavy (non-hydrogen) atoms. The zero-order chi connectivity index (χ0) is 19.8. The highest BCUT2D eigenvalue weighted by molar-refractivity contribution is 6.49. The zero-order valence-corrected chi connectivity index (χ0v) is 15.9. The zero-order valence-electron chi connectivity index (χ0n) is 15.9. The quantitative estimate of drug-likeness (QED) is 0.309. The molecule has 2 aromatic carbocycles. The molecule has 0 saturated heterocycles. The van der Waals surface area contributed by atoms with Crippen LogP contribution in [0.25, 0.3) is 0 Å². The van der Waals surface area contributed by atoms with Gasteiger partial charge in [0.25, 0.3) is 0 Å². The maximum absolute atomic E-state index is 12.8. The van der Waals surface area contributed by atoms with Crippen molar-refractivity contribution in [1.29, 1.82) is 0 Å². The van der Waals surface area contributed by atoms with Crippen molar-refractivity contribution in [2.24, 2.45) is 11.1 Å². The van der Waals surface area contributed by atoms with Gasteiger partial charge in [-0.15, -0.1) is 0 Å². The predicted octanol–water partition coefficient (Wildman–Crippen LogP) is 3.30. The summed E-state index contributed by atoms with van der Waals surface area (Å²) in [5.41, 5.74) is 2.37. The van der Waals surface area contributed by atoms with Crippen molar-refractivity contribution in [2.75, 3.05) is 14.2 Å². The van der Waals surface area contributed by atoms with Crippen LogP contribution in [0.1, 0.15) is 23.6 Å². The third kappa shape index (κ3) is 4.94. The summed E-state index contributed by atoms with van der Waals surface area (Å²) in [7, 11) is 2.59. The molecule has 0 spiro atoms. The molecule has 0 bridgehead atoms. The van der Waals surface area contributed by atoms with Crippen LogP contribution < -0.4 is 4.74 Å². The summed E-state index contributed by atoms with van der Waals surface area (Å²) >= 11 is 0. The van der Waals surface area contributed by atoms with Gasteiger partial charge in [-0.1, -0.05) is 47.6 Å². The fourth-order valence-electron chi connectivity index (χ4n) is 2.56. The van der Waals surface area contributed by atoms with Gasteiger partial charge in [0.05, 0.1) is 7.11 Å². The minimum Gasteiger partial charge on any atom is -0.489 e. The summed E-state index contributed by atoms with van der Waals surface area (Å²) in [5.74, 6) is -1.34. The Morgan fingerprint density at radius 3 is 2.37 bits per heavy atom. The molecule has 2 aromatic rings. The average molecular weight is 369 g/mol. The van der Waals surface area contributed by atoms with Crippen LogP contribution in [0.3, 0.4) is 0 Å². The predicted molar refractivity (Wildman–Crippen MR) is 102 cm³/mol. The van der Waals surface area contributed by atoms with Crippen LogP contribution in [0.2, 0.25) is 0 Å². The third-order valence-electron chi connectivity index (χ3n) is 4.11. The normalized spacial score (nSPS) is 12.2. The number of ether oxygens (including phenoxy) is 2. The third-order valence-corrected chi connectivity index (χ3v) is 4.11. The summed E-state index contributed by atoms with van der Waals surface area (Å²) in [4.78, 5) is 29.4. The number of para-hydroxylation sites is 1. The summed E-state index contributed by atoms with van der Waals surface area (Å²) in [5, 5.41) is 3.87. The second kappa shape index (κ2) is 9.52. The second-order valence-corrected chi connectivity index (χ2v) is 5.94. The molecule has 0 aliphatic carbocycles. The molecule has 0 aliphatic rings. The summed E-state index contributed by atoms with van der Waals surface area (Å²) in [6.45, 7) is 3.68. The lowest BCUT2D eigenvalue weighted by atomic mass is 9.94. The van der Waals surface area contributed by atoms with Gasteiger partial charge in [-0.2, -0.15) is 0 Å². The number of esters is 1. The second-order valence-electron chi connectivity index (χ2n) is 5.94. The van der Waals surface area contributed by atoms with E-state index in [1.54, 1.807) is 12.1 Å². The molecule has 1 unspecified atom stereocenters. The van der Waals surface area contributed by atoms with Crippen LogP contribution >= 0.6 is 0 Å². The lowest BCUT2D eigenvalue weighted by molar-refractivity contribution is -0.147. The van der Waals surface area contributed by atoms with Crippen molar-refractivity contribution in [2.45, 2.75) is 20.5 Å². The van der Waals surface area contributed by atoms with E-state index in [1.807, 2.05) is 43.3 Å². The fraction of sp³-hybridized carbons (Fsp3) is 0.286. The molecule has 0 aliphatic heterocycles. The minimum absolute atomic E-state index is 0.0550. The minimum atomic E-state index is -0.991. The van der Waals surface area contributed by atoms with Gasteiger partial charge in [0.1, 0.15) is 25.4 Å². The van der Waals surface area contributed by atoms with Crippen LogP contribution in [0.4, 0.5) is 0 Å². The SMILES string of the molecule is CON=C(C(=O)C(C)C(=O)OC)c1ccccc1COc1ccccc1C. The summed E-state index contributed by atoms with van der Waals surface area (Å²) in [6, 6.07) is 14.9. The van der Waals surface area contributed by atoms with E-state index in [-0.39, 0.29) is 12.3 Å². The fourth-order valence-corrected chi connectivity index (χ4v) is 2.56. The van der Waals surface area contributed by atoms with E-state index in [9.17, 15) is 9.59 Å². The Hall–Kier alpha value is -3.15. The highest BCUT2D eigenvalue weighted by atomic mass is 16.6. The Bertz CT molecular complexity index is 844. The number of nitrogens with zero attached hydrogens (tertiary/aromatic N) is 1.